The highest BCUT2D eigenvalue weighted by atomic mass is 16.5. The molecule has 2 aromatic carbocycles. The fourth-order valence-electron chi connectivity index (χ4n) is 1.74. The Morgan fingerprint density at radius 3 is 2.55 bits per heavy atom. The van der Waals surface area contributed by atoms with Gasteiger partial charge in [0.2, 0.25) is 0 Å². The van der Waals surface area contributed by atoms with Gasteiger partial charge < -0.3 is 20.5 Å². The third kappa shape index (κ3) is 3.65. The molecule has 0 radical (unpaired) electrons. The van der Waals surface area contributed by atoms with Crippen LogP contribution in [0.15, 0.2) is 48.5 Å². The fourth-order valence-corrected chi connectivity index (χ4v) is 1.74. The van der Waals surface area contributed by atoms with Crippen LogP contribution in [-0.2, 0) is 6.54 Å². The van der Waals surface area contributed by atoms with Crippen LogP contribution in [0.3, 0.4) is 0 Å². The van der Waals surface area contributed by atoms with Gasteiger partial charge in [-0.1, -0.05) is 18.2 Å². The number of hydrogen-bond donors (Lipinski definition) is 3. The summed E-state index contributed by atoms with van der Waals surface area (Å²) in [5.41, 5.74) is 1.51. The van der Waals surface area contributed by atoms with Crippen molar-refractivity contribution in [3.8, 4) is 11.5 Å². The van der Waals surface area contributed by atoms with Crippen molar-refractivity contribution in [3.63, 3.8) is 0 Å². The molecule has 3 N–H and O–H groups in total. The smallest absolute Gasteiger partial charge is 0.319 e. The van der Waals surface area contributed by atoms with Gasteiger partial charge in [-0.25, -0.2) is 4.79 Å². The standard InChI is InChI=1S/C15H16N2O3/c1-20-14-5-3-2-4-11(14)10-16-15(19)17-12-6-8-13(18)9-7-12/h2-9,18H,10H2,1H3,(H2,16,17,19). The molecule has 0 saturated heterocycles. The van der Waals surface area contributed by atoms with Crippen LogP contribution < -0.4 is 15.4 Å². The van der Waals surface area contributed by atoms with Crippen molar-refractivity contribution in [1.29, 1.82) is 0 Å². The van der Waals surface area contributed by atoms with Crippen LogP contribution in [0.25, 0.3) is 0 Å². The number of carbonyl (C=O) groups is 1. The molecule has 0 fully saturated rings. The van der Waals surface area contributed by atoms with E-state index in [4.69, 9.17) is 9.84 Å². The Balaban J connectivity index is 1.90. The van der Waals surface area contributed by atoms with E-state index in [1.165, 1.54) is 12.1 Å². The van der Waals surface area contributed by atoms with Gasteiger partial charge >= 0.3 is 6.03 Å². The number of hydrogen-bond acceptors (Lipinski definition) is 3. The van der Waals surface area contributed by atoms with Crippen LogP contribution in [0.2, 0.25) is 0 Å². The summed E-state index contributed by atoms with van der Waals surface area (Å²) >= 11 is 0. The highest BCUT2D eigenvalue weighted by Gasteiger charge is 2.05. The van der Waals surface area contributed by atoms with Crippen molar-refractivity contribution in [1.82, 2.24) is 5.32 Å². The number of carbonyl (C=O) groups excluding carboxylic acids is 1. The number of phenolic OH excluding ortho intramolecular Hbond substituents is 1. The second-order valence-electron chi connectivity index (χ2n) is 4.17. The Labute approximate surface area is 117 Å². The molecule has 5 nitrogen and oxygen atoms in total. The van der Waals surface area contributed by atoms with E-state index >= 15 is 0 Å². The van der Waals surface area contributed by atoms with Crippen molar-refractivity contribution in [2.24, 2.45) is 0 Å². The first-order valence-corrected chi connectivity index (χ1v) is 6.15. The SMILES string of the molecule is COc1ccccc1CNC(=O)Nc1ccc(O)cc1. The molecule has 0 aromatic heterocycles. The van der Waals surface area contributed by atoms with Gasteiger partial charge in [0.15, 0.2) is 0 Å². The number of methoxy groups -OCH3 is 1. The first-order chi connectivity index (χ1) is 9.69. The molecule has 0 atom stereocenters. The number of rotatable bonds is 4. The third-order valence-corrected chi connectivity index (χ3v) is 2.76. The topological polar surface area (TPSA) is 70.6 Å². The number of urea groups is 1. The zero-order chi connectivity index (χ0) is 14.4. The average Bonchev–Trinajstić information content (AvgIpc) is 2.48. The number of anilines is 1. The second-order valence-corrected chi connectivity index (χ2v) is 4.17. The van der Waals surface area contributed by atoms with Gasteiger partial charge in [-0.15, -0.1) is 0 Å². The zero-order valence-corrected chi connectivity index (χ0v) is 11.1. The summed E-state index contributed by atoms with van der Waals surface area (Å²) in [7, 11) is 1.59. The highest BCUT2D eigenvalue weighted by molar-refractivity contribution is 5.89. The van der Waals surface area contributed by atoms with Gasteiger partial charge in [0.05, 0.1) is 7.11 Å². The minimum atomic E-state index is -0.318. The van der Waals surface area contributed by atoms with E-state index in [1.807, 2.05) is 24.3 Å². The lowest BCUT2D eigenvalue weighted by Gasteiger charge is -2.10. The predicted molar refractivity (Wildman–Crippen MR) is 77.0 cm³/mol. The Morgan fingerprint density at radius 2 is 1.85 bits per heavy atom. The number of para-hydroxylation sites is 1. The molecular weight excluding hydrogens is 256 g/mol. The van der Waals surface area contributed by atoms with Crippen molar-refractivity contribution < 1.29 is 14.6 Å². The number of aromatic hydroxyl groups is 1. The maximum atomic E-state index is 11.7. The molecule has 0 heterocycles. The van der Waals surface area contributed by atoms with Crippen LogP contribution in [0.1, 0.15) is 5.56 Å². The lowest BCUT2D eigenvalue weighted by atomic mass is 10.2. The Morgan fingerprint density at radius 1 is 1.15 bits per heavy atom. The Hall–Kier alpha value is -2.69. The molecule has 0 saturated carbocycles. The van der Waals surface area contributed by atoms with E-state index in [9.17, 15) is 4.79 Å². The van der Waals surface area contributed by atoms with Crippen LogP contribution in [0.4, 0.5) is 10.5 Å². The normalized spacial score (nSPS) is 9.85. The highest BCUT2D eigenvalue weighted by Crippen LogP contribution is 2.17. The van der Waals surface area contributed by atoms with Crippen molar-refractivity contribution >= 4 is 11.7 Å². The number of nitrogens with one attached hydrogen (secondary N) is 2. The Bertz CT molecular complexity index is 582. The monoisotopic (exact) mass is 272 g/mol. The molecule has 20 heavy (non-hydrogen) atoms. The van der Waals surface area contributed by atoms with E-state index in [1.54, 1.807) is 19.2 Å². The summed E-state index contributed by atoms with van der Waals surface area (Å²) in [6, 6.07) is 13.4. The largest absolute Gasteiger partial charge is 0.508 e. The average molecular weight is 272 g/mol. The van der Waals surface area contributed by atoms with Crippen molar-refractivity contribution in [3.05, 3.63) is 54.1 Å². The summed E-state index contributed by atoms with van der Waals surface area (Å²) < 4.78 is 5.21. The maximum Gasteiger partial charge on any atom is 0.319 e. The molecule has 2 rings (SSSR count). The lowest BCUT2D eigenvalue weighted by molar-refractivity contribution is 0.251. The molecule has 5 heteroatoms. The zero-order valence-electron chi connectivity index (χ0n) is 11.1. The van der Waals surface area contributed by atoms with E-state index in [0.29, 0.717) is 12.2 Å². The minimum absolute atomic E-state index is 0.157. The number of benzene rings is 2. The first kappa shape index (κ1) is 13.7. The van der Waals surface area contributed by atoms with Crippen LogP contribution in [0, 0.1) is 0 Å². The van der Waals surface area contributed by atoms with Gasteiger partial charge in [0.25, 0.3) is 0 Å². The second kappa shape index (κ2) is 6.47. The lowest BCUT2D eigenvalue weighted by Crippen LogP contribution is -2.28. The molecule has 0 aliphatic heterocycles. The van der Waals surface area contributed by atoms with E-state index in [0.717, 1.165) is 11.3 Å². The van der Waals surface area contributed by atoms with Crippen LogP contribution in [-0.4, -0.2) is 18.2 Å². The molecular formula is C15H16N2O3. The van der Waals surface area contributed by atoms with Crippen LogP contribution in [0.5, 0.6) is 11.5 Å². The number of phenols is 1. The number of ether oxygens (including phenoxy) is 1. The van der Waals surface area contributed by atoms with Gasteiger partial charge in [-0.05, 0) is 30.3 Å². The Kier molecular flexibility index (Phi) is 4.44. The van der Waals surface area contributed by atoms with Gasteiger partial charge in [-0.2, -0.15) is 0 Å². The van der Waals surface area contributed by atoms with Gasteiger partial charge in [-0.3, -0.25) is 0 Å². The molecule has 0 unspecified atom stereocenters. The third-order valence-electron chi connectivity index (χ3n) is 2.76. The fraction of sp³-hybridized carbons (Fsp3) is 0.133. The molecule has 0 bridgehead atoms. The molecule has 2 aromatic rings. The van der Waals surface area contributed by atoms with Crippen molar-refractivity contribution in [2.75, 3.05) is 12.4 Å². The molecule has 2 amide bonds. The summed E-state index contributed by atoms with van der Waals surface area (Å²) in [6.07, 6.45) is 0. The van der Waals surface area contributed by atoms with E-state index < -0.39 is 0 Å². The van der Waals surface area contributed by atoms with Gasteiger partial charge in [0.1, 0.15) is 11.5 Å². The molecule has 0 aliphatic rings. The summed E-state index contributed by atoms with van der Waals surface area (Å²) in [4.78, 5) is 11.7. The summed E-state index contributed by atoms with van der Waals surface area (Å²) in [5, 5.41) is 14.6. The summed E-state index contributed by atoms with van der Waals surface area (Å²) in [6.45, 7) is 0.369. The first-order valence-electron chi connectivity index (χ1n) is 6.15. The molecule has 104 valence electrons. The van der Waals surface area contributed by atoms with E-state index in [-0.39, 0.29) is 11.8 Å². The molecule has 0 aliphatic carbocycles. The maximum absolute atomic E-state index is 11.7. The summed E-state index contributed by atoms with van der Waals surface area (Å²) in [5.74, 6) is 0.891. The van der Waals surface area contributed by atoms with Gasteiger partial charge in [0, 0.05) is 17.8 Å². The minimum Gasteiger partial charge on any atom is -0.508 e. The quantitative estimate of drug-likeness (QED) is 0.749. The number of amides is 2. The predicted octanol–water partition coefficient (Wildman–Crippen LogP) is 2.72. The van der Waals surface area contributed by atoms with Crippen molar-refractivity contribution in [2.45, 2.75) is 6.54 Å². The van der Waals surface area contributed by atoms with E-state index in [2.05, 4.69) is 10.6 Å². The van der Waals surface area contributed by atoms with Crippen LogP contribution >= 0.6 is 0 Å². The molecule has 0 spiro atoms.